The molecule has 0 radical (unpaired) electrons. The molecule has 0 amide bonds. The summed E-state index contributed by atoms with van der Waals surface area (Å²) in [6.07, 6.45) is 3.11. The van der Waals surface area contributed by atoms with E-state index < -0.39 is 5.97 Å². The van der Waals surface area contributed by atoms with Crippen LogP contribution in [-0.2, 0) is 9.63 Å². The third kappa shape index (κ3) is 3.29. The lowest BCUT2D eigenvalue weighted by molar-refractivity contribution is -0.129. The molecular formula is C12H10N2O4S. The maximum absolute atomic E-state index is 11.0. The van der Waals surface area contributed by atoms with Crippen LogP contribution in [0.1, 0.15) is 11.3 Å². The van der Waals surface area contributed by atoms with Crippen LogP contribution in [0.25, 0.3) is 0 Å². The van der Waals surface area contributed by atoms with E-state index in [0.29, 0.717) is 16.3 Å². The van der Waals surface area contributed by atoms with E-state index in [4.69, 9.17) is 9.52 Å². The Hall–Kier alpha value is -2.41. The van der Waals surface area contributed by atoms with Gasteiger partial charge in [-0.15, -0.1) is 11.3 Å². The minimum absolute atomic E-state index is 0.154. The second kappa shape index (κ2) is 5.96. The van der Waals surface area contributed by atoms with Gasteiger partial charge in [0.15, 0.2) is 5.71 Å². The second-order valence-electron chi connectivity index (χ2n) is 3.37. The SMILES string of the molecule is CO/N=C(/C(=O)O)c1csc(/N=C/c2ccco2)c1. The first kappa shape index (κ1) is 13.0. The predicted octanol–water partition coefficient (Wildman–Crippen LogP) is 2.53. The van der Waals surface area contributed by atoms with Crippen molar-refractivity contribution in [3.63, 3.8) is 0 Å². The van der Waals surface area contributed by atoms with E-state index in [9.17, 15) is 4.79 Å². The number of carbonyl (C=O) groups is 1. The Bertz CT molecular complexity index is 613. The van der Waals surface area contributed by atoms with E-state index >= 15 is 0 Å². The first-order chi connectivity index (χ1) is 9.20. The molecule has 0 unspecified atom stereocenters. The van der Waals surface area contributed by atoms with Gasteiger partial charge in [-0.25, -0.2) is 9.79 Å². The van der Waals surface area contributed by atoms with Gasteiger partial charge in [0.1, 0.15) is 17.9 Å². The Morgan fingerprint density at radius 2 is 2.42 bits per heavy atom. The fourth-order valence-corrected chi connectivity index (χ4v) is 2.05. The number of aliphatic carboxylic acids is 1. The monoisotopic (exact) mass is 278 g/mol. The summed E-state index contributed by atoms with van der Waals surface area (Å²) in [5, 5.41) is 14.8. The molecule has 0 spiro atoms. The van der Waals surface area contributed by atoms with Gasteiger partial charge in [0, 0.05) is 10.9 Å². The summed E-state index contributed by atoms with van der Waals surface area (Å²) in [5.74, 6) is -0.528. The van der Waals surface area contributed by atoms with Gasteiger partial charge in [-0.3, -0.25) is 0 Å². The topological polar surface area (TPSA) is 84.4 Å². The fourth-order valence-electron chi connectivity index (χ4n) is 1.32. The molecule has 6 nitrogen and oxygen atoms in total. The molecule has 2 aromatic rings. The minimum Gasteiger partial charge on any atom is -0.476 e. The second-order valence-corrected chi connectivity index (χ2v) is 4.26. The van der Waals surface area contributed by atoms with Crippen molar-refractivity contribution in [2.24, 2.45) is 10.1 Å². The van der Waals surface area contributed by atoms with Crippen molar-refractivity contribution >= 4 is 34.2 Å². The first-order valence-electron chi connectivity index (χ1n) is 5.21. The Morgan fingerprint density at radius 1 is 1.58 bits per heavy atom. The van der Waals surface area contributed by atoms with Gasteiger partial charge in [-0.05, 0) is 18.2 Å². The number of thiophene rings is 1. The van der Waals surface area contributed by atoms with Crippen molar-refractivity contribution in [1.29, 1.82) is 0 Å². The van der Waals surface area contributed by atoms with Crippen LogP contribution >= 0.6 is 11.3 Å². The van der Waals surface area contributed by atoms with Crippen LogP contribution in [0.5, 0.6) is 0 Å². The van der Waals surface area contributed by atoms with E-state index in [-0.39, 0.29) is 5.71 Å². The van der Waals surface area contributed by atoms with Crippen molar-refractivity contribution in [2.45, 2.75) is 0 Å². The van der Waals surface area contributed by atoms with Crippen molar-refractivity contribution in [2.75, 3.05) is 7.11 Å². The summed E-state index contributed by atoms with van der Waals surface area (Å²) in [6.45, 7) is 0. The number of aliphatic imine (C=N–C) groups is 1. The van der Waals surface area contributed by atoms with Gasteiger partial charge in [-0.1, -0.05) is 5.16 Å². The zero-order chi connectivity index (χ0) is 13.7. The average Bonchev–Trinajstić information content (AvgIpc) is 3.04. The number of carboxylic acid groups (broad SMARTS) is 1. The molecule has 7 heteroatoms. The van der Waals surface area contributed by atoms with E-state index in [2.05, 4.69) is 15.0 Å². The number of hydrogen-bond donors (Lipinski definition) is 1. The molecule has 19 heavy (non-hydrogen) atoms. The van der Waals surface area contributed by atoms with Crippen molar-refractivity contribution in [3.05, 3.63) is 41.2 Å². The normalized spacial score (nSPS) is 11.9. The predicted molar refractivity (Wildman–Crippen MR) is 71.5 cm³/mol. The lowest BCUT2D eigenvalue weighted by atomic mass is 10.2. The maximum Gasteiger partial charge on any atom is 0.358 e. The Labute approximate surface area is 112 Å². The zero-order valence-corrected chi connectivity index (χ0v) is 10.8. The summed E-state index contributed by atoms with van der Waals surface area (Å²) < 4.78 is 5.10. The van der Waals surface area contributed by atoms with Crippen LogP contribution in [0.2, 0.25) is 0 Å². The van der Waals surface area contributed by atoms with Gasteiger partial charge in [0.25, 0.3) is 0 Å². The lowest BCUT2D eigenvalue weighted by Crippen LogP contribution is -2.13. The van der Waals surface area contributed by atoms with Gasteiger partial charge in [-0.2, -0.15) is 0 Å². The lowest BCUT2D eigenvalue weighted by Gasteiger charge is -1.95. The van der Waals surface area contributed by atoms with Crippen molar-refractivity contribution < 1.29 is 19.2 Å². The van der Waals surface area contributed by atoms with Gasteiger partial charge < -0.3 is 14.4 Å². The summed E-state index contributed by atoms with van der Waals surface area (Å²) >= 11 is 1.30. The minimum atomic E-state index is -1.15. The number of hydrogen-bond acceptors (Lipinski definition) is 6. The quantitative estimate of drug-likeness (QED) is 0.672. The number of oxime groups is 1. The number of carboxylic acids is 1. The highest BCUT2D eigenvalue weighted by Gasteiger charge is 2.15. The molecule has 0 aromatic carbocycles. The van der Waals surface area contributed by atoms with E-state index in [1.807, 2.05) is 0 Å². The van der Waals surface area contributed by atoms with Crippen molar-refractivity contribution in [1.82, 2.24) is 0 Å². The molecule has 2 rings (SSSR count). The highest BCUT2D eigenvalue weighted by molar-refractivity contribution is 7.14. The molecule has 2 aromatic heterocycles. The molecule has 0 atom stereocenters. The summed E-state index contributed by atoms with van der Waals surface area (Å²) in [6, 6.07) is 5.15. The smallest absolute Gasteiger partial charge is 0.358 e. The summed E-state index contributed by atoms with van der Waals surface area (Å²) in [7, 11) is 1.30. The zero-order valence-electron chi connectivity index (χ0n) is 9.94. The number of furan rings is 1. The average molecular weight is 278 g/mol. The largest absolute Gasteiger partial charge is 0.476 e. The third-order valence-electron chi connectivity index (χ3n) is 2.11. The van der Waals surface area contributed by atoms with Gasteiger partial charge in [0.05, 0.1) is 12.5 Å². The molecule has 0 bridgehead atoms. The molecule has 0 saturated heterocycles. The standard InChI is InChI=1S/C12H10N2O4S/c1-17-14-11(12(15)16)8-5-10(19-7-8)13-6-9-3-2-4-18-9/h2-7H,1H3,(H,15,16)/b13-6+,14-11+. The fraction of sp³-hybridized carbons (Fsp3) is 0.0833. The van der Waals surface area contributed by atoms with Crippen LogP contribution in [0, 0.1) is 0 Å². The highest BCUT2D eigenvalue weighted by atomic mass is 32.1. The number of nitrogens with zero attached hydrogens (tertiary/aromatic N) is 2. The number of rotatable bonds is 5. The third-order valence-corrected chi connectivity index (χ3v) is 2.94. The Balaban J connectivity index is 2.19. The molecule has 1 N–H and O–H groups in total. The molecular weight excluding hydrogens is 268 g/mol. The maximum atomic E-state index is 11.0. The van der Waals surface area contributed by atoms with Crippen LogP contribution < -0.4 is 0 Å². The van der Waals surface area contributed by atoms with Gasteiger partial charge in [0.2, 0.25) is 0 Å². The van der Waals surface area contributed by atoms with Crippen LogP contribution in [-0.4, -0.2) is 30.1 Å². The molecule has 2 heterocycles. The van der Waals surface area contributed by atoms with Gasteiger partial charge >= 0.3 is 5.97 Å². The highest BCUT2D eigenvalue weighted by Crippen LogP contribution is 2.24. The molecule has 0 aliphatic heterocycles. The van der Waals surface area contributed by atoms with Crippen molar-refractivity contribution in [3.8, 4) is 0 Å². The summed E-state index contributed by atoms with van der Waals surface area (Å²) in [5.41, 5.74) is 0.296. The summed E-state index contributed by atoms with van der Waals surface area (Å²) in [4.78, 5) is 19.7. The van der Waals surface area contributed by atoms with E-state index in [1.54, 1.807) is 36.1 Å². The Morgan fingerprint density at radius 3 is 3.05 bits per heavy atom. The Kier molecular flexibility index (Phi) is 4.09. The van der Waals surface area contributed by atoms with Crippen LogP contribution in [0.3, 0.4) is 0 Å². The van der Waals surface area contributed by atoms with Crippen LogP contribution in [0.4, 0.5) is 5.00 Å². The molecule has 0 fully saturated rings. The molecule has 0 aliphatic rings. The first-order valence-corrected chi connectivity index (χ1v) is 6.09. The molecule has 0 aliphatic carbocycles. The molecule has 0 saturated carbocycles. The van der Waals surface area contributed by atoms with Crippen LogP contribution in [0.15, 0.2) is 44.4 Å². The van der Waals surface area contributed by atoms with E-state index in [1.165, 1.54) is 18.4 Å². The van der Waals surface area contributed by atoms with E-state index in [0.717, 1.165) is 0 Å². The molecule has 98 valence electrons.